The fourth-order valence-corrected chi connectivity index (χ4v) is 3.51. The summed E-state index contributed by atoms with van der Waals surface area (Å²) in [6.45, 7) is 10.5. The molecule has 1 fully saturated rings. The number of ether oxygens (including phenoxy) is 1. The molecular weight excluding hydrogens is 342 g/mol. The lowest BCUT2D eigenvalue weighted by Gasteiger charge is -2.35. The van der Waals surface area contributed by atoms with Crippen LogP contribution >= 0.6 is 0 Å². The van der Waals surface area contributed by atoms with Crippen molar-refractivity contribution in [3.05, 3.63) is 52.3 Å². The molecule has 144 valence electrons. The molecule has 3 rings (SSSR count). The first kappa shape index (κ1) is 19.0. The smallest absolute Gasteiger partial charge is 0.255 e. The average Bonchev–Trinajstić information content (AvgIpc) is 3.00. The van der Waals surface area contributed by atoms with E-state index in [4.69, 9.17) is 4.74 Å². The van der Waals surface area contributed by atoms with Crippen molar-refractivity contribution in [1.29, 1.82) is 0 Å². The lowest BCUT2D eigenvalue weighted by Crippen LogP contribution is -2.50. The van der Waals surface area contributed by atoms with Crippen molar-refractivity contribution in [2.24, 2.45) is 0 Å². The van der Waals surface area contributed by atoms with Crippen molar-refractivity contribution in [3.63, 3.8) is 0 Å². The second-order valence-corrected chi connectivity index (χ2v) is 6.99. The standard InChI is InChI=1S/C21H27N3O3/c1-5-27-19-7-6-17(12-14(19)2)20(25)23-8-10-24(11-9-23)21(26)18-13-15(3)22-16(18)4/h6-7,12-13,22H,5,8-11H2,1-4H3. The van der Waals surface area contributed by atoms with Gasteiger partial charge in [0.1, 0.15) is 5.75 Å². The molecule has 6 nitrogen and oxygen atoms in total. The summed E-state index contributed by atoms with van der Waals surface area (Å²) in [6, 6.07) is 7.42. The minimum atomic E-state index is 0.00177. The Morgan fingerprint density at radius 3 is 2.15 bits per heavy atom. The summed E-state index contributed by atoms with van der Waals surface area (Å²) in [6.07, 6.45) is 0. The van der Waals surface area contributed by atoms with Gasteiger partial charge >= 0.3 is 0 Å². The molecule has 0 aliphatic carbocycles. The first-order chi connectivity index (χ1) is 12.9. The van der Waals surface area contributed by atoms with Crippen molar-refractivity contribution in [2.45, 2.75) is 27.7 Å². The monoisotopic (exact) mass is 369 g/mol. The van der Waals surface area contributed by atoms with E-state index in [0.29, 0.717) is 38.3 Å². The van der Waals surface area contributed by atoms with E-state index in [1.807, 2.05) is 61.8 Å². The second kappa shape index (κ2) is 7.86. The number of carbonyl (C=O) groups excluding carboxylic acids is 2. The van der Waals surface area contributed by atoms with Gasteiger partial charge in [0.05, 0.1) is 12.2 Å². The highest BCUT2D eigenvalue weighted by Gasteiger charge is 2.27. The Balaban J connectivity index is 1.63. The van der Waals surface area contributed by atoms with Crippen LogP contribution in [0.1, 0.15) is 44.6 Å². The molecule has 1 saturated heterocycles. The van der Waals surface area contributed by atoms with Gasteiger partial charge in [-0.05, 0) is 57.5 Å². The molecule has 0 bridgehead atoms. The fourth-order valence-electron chi connectivity index (χ4n) is 3.51. The number of aromatic amines is 1. The number of nitrogens with zero attached hydrogens (tertiary/aromatic N) is 2. The highest BCUT2D eigenvalue weighted by molar-refractivity contribution is 5.97. The molecule has 6 heteroatoms. The molecule has 1 aliphatic rings. The summed E-state index contributed by atoms with van der Waals surface area (Å²) < 4.78 is 5.54. The minimum Gasteiger partial charge on any atom is -0.494 e. The Labute approximate surface area is 160 Å². The maximum atomic E-state index is 12.8. The zero-order chi connectivity index (χ0) is 19.6. The Morgan fingerprint density at radius 2 is 1.63 bits per heavy atom. The van der Waals surface area contributed by atoms with E-state index >= 15 is 0 Å². The van der Waals surface area contributed by atoms with Gasteiger partial charge in [-0.3, -0.25) is 9.59 Å². The van der Waals surface area contributed by atoms with Crippen molar-refractivity contribution >= 4 is 11.8 Å². The van der Waals surface area contributed by atoms with E-state index in [9.17, 15) is 9.59 Å². The molecule has 1 N–H and O–H groups in total. The maximum Gasteiger partial charge on any atom is 0.255 e. The first-order valence-corrected chi connectivity index (χ1v) is 9.39. The molecule has 2 aromatic rings. The van der Waals surface area contributed by atoms with Crippen LogP contribution in [0.5, 0.6) is 5.75 Å². The third kappa shape index (κ3) is 3.99. The van der Waals surface area contributed by atoms with Crippen molar-refractivity contribution < 1.29 is 14.3 Å². The Bertz CT molecular complexity index is 848. The molecule has 1 aromatic heterocycles. The molecule has 27 heavy (non-hydrogen) atoms. The normalized spacial score (nSPS) is 14.4. The molecule has 2 heterocycles. The number of hydrogen-bond acceptors (Lipinski definition) is 3. The van der Waals surface area contributed by atoms with Crippen molar-refractivity contribution in [3.8, 4) is 5.75 Å². The van der Waals surface area contributed by atoms with Gasteiger partial charge in [0.2, 0.25) is 0 Å². The van der Waals surface area contributed by atoms with Gasteiger partial charge in [-0.15, -0.1) is 0 Å². The zero-order valence-electron chi connectivity index (χ0n) is 16.5. The van der Waals surface area contributed by atoms with Crippen LogP contribution in [0.4, 0.5) is 0 Å². The number of amides is 2. The molecule has 0 saturated carbocycles. The number of piperazine rings is 1. The van der Waals surface area contributed by atoms with Crippen molar-refractivity contribution in [1.82, 2.24) is 14.8 Å². The number of H-pyrrole nitrogens is 1. The number of benzene rings is 1. The SMILES string of the molecule is CCOc1ccc(C(=O)N2CCN(C(=O)c3cc(C)[nH]c3C)CC2)cc1C. The third-order valence-electron chi connectivity index (χ3n) is 4.96. The average molecular weight is 369 g/mol. The summed E-state index contributed by atoms with van der Waals surface area (Å²) in [7, 11) is 0. The van der Waals surface area contributed by atoms with E-state index < -0.39 is 0 Å². The van der Waals surface area contributed by atoms with E-state index in [0.717, 1.165) is 28.3 Å². The fraction of sp³-hybridized carbons (Fsp3) is 0.429. The van der Waals surface area contributed by atoms with Gasteiger partial charge in [0.15, 0.2) is 0 Å². The van der Waals surface area contributed by atoms with Crippen molar-refractivity contribution in [2.75, 3.05) is 32.8 Å². The Morgan fingerprint density at radius 1 is 1.00 bits per heavy atom. The van der Waals surface area contributed by atoms with Crippen LogP contribution in [0.25, 0.3) is 0 Å². The van der Waals surface area contributed by atoms with Gasteiger partial charge in [-0.1, -0.05) is 0 Å². The van der Waals surface area contributed by atoms with Gasteiger partial charge in [-0.25, -0.2) is 0 Å². The summed E-state index contributed by atoms with van der Waals surface area (Å²) in [5.41, 5.74) is 4.20. The number of rotatable bonds is 4. The number of aryl methyl sites for hydroxylation is 3. The molecule has 0 unspecified atom stereocenters. The van der Waals surface area contributed by atoms with E-state index in [-0.39, 0.29) is 11.8 Å². The number of nitrogens with one attached hydrogen (secondary N) is 1. The van der Waals surface area contributed by atoms with E-state index in [2.05, 4.69) is 4.98 Å². The van der Waals surface area contributed by atoms with Gasteiger partial charge in [0.25, 0.3) is 11.8 Å². The van der Waals surface area contributed by atoms with Gasteiger partial charge in [0, 0.05) is 43.1 Å². The minimum absolute atomic E-state index is 0.00177. The number of carbonyl (C=O) groups is 2. The Kier molecular flexibility index (Phi) is 5.54. The molecule has 1 aromatic carbocycles. The molecule has 0 spiro atoms. The lowest BCUT2D eigenvalue weighted by molar-refractivity contribution is 0.0535. The van der Waals surface area contributed by atoms with Crippen LogP contribution in [0.15, 0.2) is 24.3 Å². The first-order valence-electron chi connectivity index (χ1n) is 9.39. The molecule has 0 radical (unpaired) electrons. The molecule has 2 amide bonds. The van der Waals surface area contributed by atoms with Crippen LogP contribution in [-0.2, 0) is 0 Å². The summed E-state index contributed by atoms with van der Waals surface area (Å²) in [4.78, 5) is 32.3. The topological polar surface area (TPSA) is 65.6 Å². The third-order valence-corrected chi connectivity index (χ3v) is 4.96. The van der Waals surface area contributed by atoms with Gasteiger partial charge in [-0.2, -0.15) is 0 Å². The molecular formula is C21H27N3O3. The molecule has 1 aliphatic heterocycles. The Hall–Kier alpha value is -2.76. The zero-order valence-corrected chi connectivity index (χ0v) is 16.5. The quantitative estimate of drug-likeness (QED) is 0.901. The highest BCUT2D eigenvalue weighted by atomic mass is 16.5. The van der Waals surface area contributed by atoms with Crippen LogP contribution in [0.2, 0.25) is 0 Å². The predicted octanol–water partition coefficient (Wildman–Crippen LogP) is 2.94. The van der Waals surface area contributed by atoms with Crippen LogP contribution in [-0.4, -0.2) is 59.4 Å². The summed E-state index contributed by atoms with van der Waals surface area (Å²) in [5.74, 6) is 0.837. The largest absolute Gasteiger partial charge is 0.494 e. The van der Waals surface area contributed by atoms with Gasteiger partial charge < -0.3 is 19.5 Å². The molecule has 0 atom stereocenters. The van der Waals surface area contributed by atoms with Crippen LogP contribution in [0.3, 0.4) is 0 Å². The summed E-state index contributed by atoms with van der Waals surface area (Å²) >= 11 is 0. The van der Waals surface area contributed by atoms with E-state index in [1.165, 1.54) is 0 Å². The van der Waals surface area contributed by atoms with Crippen LogP contribution in [0, 0.1) is 20.8 Å². The number of aromatic nitrogens is 1. The van der Waals surface area contributed by atoms with Crippen LogP contribution < -0.4 is 4.74 Å². The predicted molar refractivity (Wildman–Crippen MR) is 104 cm³/mol. The highest BCUT2D eigenvalue weighted by Crippen LogP contribution is 2.21. The van der Waals surface area contributed by atoms with E-state index in [1.54, 1.807) is 0 Å². The number of hydrogen-bond donors (Lipinski definition) is 1. The lowest BCUT2D eigenvalue weighted by atomic mass is 10.1. The second-order valence-electron chi connectivity index (χ2n) is 6.99. The summed E-state index contributed by atoms with van der Waals surface area (Å²) in [5, 5.41) is 0. The maximum absolute atomic E-state index is 12.8.